The molecule has 0 unspecified atom stereocenters. The van der Waals surface area contributed by atoms with Crippen molar-refractivity contribution < 1.29 is 9.53 Å². The van der Waals surface area contributed by atoms with Crippen molar-refractivity contribution in [3.05, 3.63) is 52.5 Å². The number of benzene rings is 1. The first kappa shape index (κ1) is 15.7. The summed E-state index contributed by atoms with van der Waals surface area (Å²) in [5.74, 6) is -0.0612. The molecule has 0 aliphatic rings. The largest absolute Gasteiger partial charge is 0.383 e. The number of fused-ring (bicyclic) bond motifs is 1. The predicted octanol–water partition coefficient (Wildman–Crippen LogP) is 2.83. The number of carbonyl (C=O) groups is 1. The van der Waals surface area contributed by atoms with Gasteiger partial charge < -0.3 is 10.1 Å². The number of ether oxygens (including phenoxy) is 1. The molecule has 2 aromatic heterocycles. The van der Waals surface area contributed by atoms with Gasteiger partial charge in [0.15, 0.2) is 0 Å². The molecule has 120 valence electrons. The highest BCUT2D eigenvalue weighted by molar-refractivity contribution is 7.20. The summed E-state index contributed by atoms with van der Waals surface area (Å²) in [6.07, 6.45) is 0. The number of methoxy groups -OCH3 is 1. The van der Waals surface area contributed by atoms with Crippen LogP contribution in [0.2, 0.25) is 0 Å². The Hall–Kier alpha value is -2.18. The van der Waals surface area contributed by atoms with Gasteiger partial charge in [0.1, 0.15) is 4.83 Å². The third-order valence-corrected chi connectivity index (χ3v) is 4.75. The van der Waals surface area contributed by atoms with Crippen molar-refractivity contribution in [3.8, 4) is 0 Å². The van der Waals surface area contributed by atoms with E-state index in [-0.39, 0.29) is 5.91 Å². The second-order valence-electron chi connectivity index (χ2n) is 5.31. The summed E-state index contributed by atoms with van der Waals surface area (Å²) in [6, 6.07) is 12.1. The van der Waals surface area contributed by atoms with Gasteiger partial charge in [0.05, 0.1) is 23.7 Å². The van der Waals surface area contributed by atoms with Gasteiger partial charge in [0.25, 0.3) is 5.91 Å². The number of rotatable bonds is 6. The lowest BCUT2D eigenvalue weighted by molar-refractivity contribution is 0.0941. The monoisotopic (exact) mass is 329 g/mol. The molecule has 6 heteroatoms. The molecule has 0 saturated carbocycles. The van der Waals surface area contributed by atoms with E-state index in [2.05, 4.69) is 22.5 Å². The van der Waals surface area contributed by atoms with Gasteiger partial charge in [-0.3, -0.25) is 9.48 Å². The normalized spacial score (nSPS) is 11.0. The van der Waals surface area contributed by atoms with Gasteiger partial charge in [0.2, 0.25) is 0 Å². The summed E-state index contributed by atoms with van der Waals surface area (Å²) < 4.78 is 6.92. The molecule has 3 rings (SSSR count). The van der Waals surface area contributed by atoms with E-state index in [4.69, 9.17) is 4.74 Å². The topological polar surface area (TPSA) is 56.1 Å². The Morgan fingerprint density at radius 2 is 2.13 bits per heavy atom. The average Bonchev–Trinajstić information content (AvgIpc) is 3.11. The Morgan fingerprint density at radius 1 is 1.35 bits per heavy atom. The quantitative estimate of drug-likeness (QED) is 0.708. The lowest BCUT2D eigenvalue weighted by atomic mass is 10.2. The van der Waals surface area contributed by atoms with E-state index in [1.165, 1.54) is 16.9 Å². The third-order valence-electron chi connectivity index (χ3n) is 3.60. The van der Waals surface area contributed by atoms with Gasteiger partial charge in [-0.25, -0.2) is 0 Å². The smallest absolute Gasteiger partial charge is 0.261 e. The van der Waals surface area contributed by atoms with Crippen LogP contribution >= 0.6 is 11.3 Å². The fourth-order valence-electron chi connectivity index (χ4n) is 2.44. The second kappa shape index (κ2) is 6.93. The lowest BCUT2D eigenvalue weighted by Crippen LogP contribution is -2.26. The number of nitrogens with zero attached hydrogens (tertiary/aromatic N) is 2. The van der Waals surface area contributed by atoms with Gasteiger partial charge in [0, 0.05) is 19.0 Å². The van der Waals surface area contributed by atoms with Crippen molar-refractivity contribution in [2.75, 3.05) is 20.3 Å². The van der Waals surface area contributed by atoms with Crippen LogP contribution in [0.4, 0.5) is 0 Å². The molecule has 1 N–H and O–H groups in total. The van der Waals surface area contributed by atoms with Crippen LogP contribution in [-0.4, -0.2) is 35.9 Å². The molecule has 0 fully saturated rings. The Morgan fingerprint density at radius 3 is 2.87 bits per heavy atom. The molecule has 0 saturated heterocycles. The number of nitrogens with one attached hydrogen (secondary N) is 1. The van der Waals surface area contributed by atoms with Gasteiger partial charge in [-0.1, -0.05) is 30.3 Å². The highest BCUT2D eigenvalue weighted by Gasteiger charge is 2.16. The summed E-state index contributed by atoms with van der Waals surface area (Å²) in [6.45, 7) is 3.70. The molecular weight excluding hydrogens is 310 g/mol. The first-order chi connectivity index (χ1) is 11.2. The van der Waals surface area contributed by atoms with Crippen LogP contribution in [0.25, 0.3) is 10.2 Å². The minimum Gasteiger partial charge on any atom is -0.383 e. The zero-order valence-electron chi connectivity index (χ0n) is 13.2. The van der Waals surface area contributed by atoms with Crippen molar-refractivity contribution in [2.24, 2.45) is 0 Å². The van der Waals surface area contributed by atoms with E-state index >= 15 is 0 Å². The SMILES string of the molecule is COCCNC(=O)c1cc2c(C)nn(Cc3ccccc3)c2s1. The van der Waals surface area contributed by atoms with Gasteiger partial charge in [-0.15, -0.1) is 11.3 Å². The van der Waals surface area contributed by atoms with Crippen LogP contribution in [0.5, 0.6) is 0 Å². The van der Waals surface area contributed by atoms with Crippen molar-refractivity contribution in [3.63, 3.8) is 0 Å². The summed E-state index contributed by atoms with van der Waals surface area (Å²) in [5.41, 5.74) is 2.14. The Bertz CT molecular complexity index is 808. The van der Waals surface area contributed by atoms with Crippen molar-refractivity contribution in [1.29, 1.82) is 0 Å². The lowest BCUT2D eigenvalue weighted by Gasteiger charge is -2.03. The first-order valence-corrected chi connectivity index (χ1v) is 8.28. The van der Waals surface area contributed by atoms with Crippen LogP contribution in [0.3, 0.4) is 0 Å². The van der Waals surface area contributed by atoms with Crippen LogP contribution in [0.15, 0.2) is 36.4 Å². The summed E-state index contributed by atoms with van der Waals surface area (Å²) in [4.78, 5) is 13.9. The molecule has 0 aliphatic heterocycles. The average molecular weight is 329 g/mol. The summed E-state index contributed by atoms with van der Waals surface area (Å²) >= 11 is 1.48. The minimum atomic E-state index is -0.0612. The fraction of sp³-hybridized carbons (Fsp3) is 0.294. The van der Waals surface area contributed by atoms with E-state index in [1.54, 1.807) is 7.11 Å². The van der Waals surface area contributed by atoms with Crippen molar-refractivity contribution in [2.45, 2.75) is 13.5 Å². The molecule has 0 radical (unpaired) electrons. The molecule has 0 spiro atoms. The molecule has 3 aromatic rings. The van der Waals surface area contributed by atoms with Gasteiger partial charge in [-0.2, -0.15) is 5.10 Å². The molecule has 1 aromatic carbocycles. The van der Waals surface area contributed by atoms with Crippen molar-refractivity contribution >= 4 is 27.5 Å². The van der Waals surface area contributed by atoms with Crippen LogP contribution in [-0.2, 0) is 11.3 Å². The molecule has 0 aliphatic carbocycles. The molecule has 23 heavy (non-hydrogen) atoms. The standard InChI is InChI=1S/C17H19N3O2S/c1-12-14-10-15(16(21)18-8-9-22-2)23-17(14)20(19-12)11-13-6-4-3-5-7-13/h3-7,10H,8-9,11H2,1-2H3,(H,18,21). The Kier molecular flexibility index (Phi) is 4.73. The van der Waals surface area contributed by atoms with Gasteiger partial charge >= 0.3 is 0 Å². The van der Waals surface area contributed by atoms with E-state index in [1.807, 2.05) is 35.9 Å². The number of aryl methyl sites for hydroxylation is 1. The van der Waals surface area contributed by atoms with Crippen LogP contribution in [0, 0.1) is 6.92 Å². The first-order valence-electron chi connectivity index (χ1n) is 7.47. The minimum absolute atomic E-state index is 0.0612. The molecule has 0 bridgehead atoms. The molecule has 2 heterocycles. The Balaban J connectivity index is 1.85. The molecule has 5 nitrogen and oxygen atoms in total. The maximum Gasteiger partial charge on any atom is 0.261 e. The zero-order valence-corrected chi connectivity index (χ0v) is 14.0. The number of aromatic nitrogens is 2. The van der Waals surface area contributed by atoms with Crippen LogP contribution in [0.1, 0.15) is 20.9 Å². The van der Waals surface area contributed by atoms with E-state index in [0.717, 1.165) is 15.9 Å². The summed E-state index contributed by atoms with van der Waals surface area (Å²) in [7, 11) is 1.62. The molecule has 0 atom stereocenters. The van der Waals surface area contributed by atoms with Crippen LogP contribution < -0.4 is 5.32 Å². The number of carbonyl (C=O) groups excluding carboxylic acids is 1. The highest BCUT2D eigenvalue weighted by Crippen LogP contribution is 2.28. The number of amides is 1. The molecule has 1 amide bonds. The highest BCUT2D eigenvalue weighted by atomic mass is 32.1. The van der Waals surface area contributed by atoms with Crippen molar-refractivity contribution in [1.82, 2.24) is 15.1 Å². The predicted molar refractivity (Wildman–Crippen MR) is 92.1 cm³/mol. The fourth-order valence-corrected chi connectivity index (χ4v) is 3.52. The molecular formula is C17H19N3O2S. The van der Waals surface area contributed by atoms with E-state index < -0.39 is 0 Å². The second-order valence-corrected chi connectivity index (χ2v) is 6.34. The van der Waals surface area contributed by atoms with Gasteiger partial charge in [-0.05, 0) is 18.6 Å². The number of thiophene rings is 1. The number of hydrogen-bond donors (Lipinski definition) is 1. The number of hydrogen-bond acceptors (Lipinski definition) is 4. The third kappa shape index (κ3) is 3.43. The maximum absolute atomic E-state index is 12.2. The summed E-state index contributed by atoms with van der Waals surface area (Å²) in [5, 5.41) is 8.50. The van der Waals surface area contributed by atoms with E-state index in [0.29, 0.717) is 24.6 Å². The zero-order chi connectivity index (χ0) is 16.2. The Labute approximate surface area is 138 Å². The maximum atomic E-state index is 12.2. The van der Waals surface area contributed by atoms with E-state index in [9.17, 15) is 4.79 Å².